The van der Waals surface area contributed by atoms with E-state index in [0.29, 0.717) is 31.2 Å². The van der Waals surface area contributed by atoms with Crippen molar-refractivity contribution in [2.24, 2.45) is 5.92 Å². The van der Waals surface area contributed by atoms with Crippen molar-refractivity contribution in [2.45, 2.75) is 45.8 Å². The highest BCUT2D eigenvalue weighted by Gasteiger charge is 2.33. The smallest absolute Gasteiger partial charge is 0.237 e. The Morgan fingerprint density at radius 1 is 1.35 bits per heavy atom. The standard InChI is InChI=1S/C24H33FN2O3S/c1-4-19(28)14-26(13-17(2)3)15-24(29)27-10-8-23-21(9-11-31-23)22(27)16-30-20-7-5-6-18(25)12-20/h5-7,9,11-12,17,19,22,28H,4,8,10,13-16H2,1-3H3/t19-,22-/m1/s1. The van der Waals surface area contributed by atoms with Crippen LogP contribution in [0.3, 0.4) is 0 Å². The first kappa shape index (κ1) is 23.7. The minimum atomic E-state index is -0.441. The third kappa shape index (κ3) is 6.51. The van der Waals surface area contributed by atoms with E-state index in [-0.39, 0.29) is 30.9 Å². The lowest BCUT2D eigenvalue weighted by atomic mass is 10.00. The number of benzene rings is 1. The molecular weight excluding hydrogens is 415 g/mol. The molecule has 3 rings (SSSR count). The topological polar surface area (TPSA) is 53.0 Å². The van der Waals surface area contributed by atoms with E-state index in [1.54, 1.807) is 23.5 Å². The quantitative estimate of drug-likeness (QED) is 0.594. The van der Waals surface area contributed by atoms with Gasteiger partial charge in [0.15, 0.2) is 0 Å². The molecule has 0 aliphatic carbocycles. The molecule has 1 aromatic carbocycles. The number of aliphatic hydroxyl groups excluding tert-OH is 1. The highest BCUT2D eigenvalue weighted by molar-refractivity contribution is 7.10. The zero-order valence-corrected chi connectivity index (χ0v) is 19.4. The molecule has 2 heterocycles. The fourth-order valence-corrected chi connectivity index (χ4v) is 4.96. The second-order valence-electron chi connectivity index (χ2n) is 8.57. The Hall–Kier alpha value is -1.96. The maximum absolute atomic E-state index is 13.5. The first-order valence-electron chi connectivity index (χ1n) is 11.0. The second-order valence-corrected chi connectivity index (χ2v) is 9.57. The van der Waals surface area contributed by atoms with Crippen molar-refractivity contribution in [3.05, 3.63) is 52.0 Å². The van der Waals surface area contributed by atoms with E-state index >= 15 is 0 Å². The van der Waals surface area contributed by atoms with E-state index in [4.69, 9.17) is 4.74 Å². The number of ether oxygens (including phenoxy) is 1. The van der Waals surface area contributed by atoms with Crippen LogP contribution in [-0.2, 0) is 11.2 Å². The minimum Gasteiger partial charge on any atom is -0.491 e. The van der Waals surface area contributed by atoms with Crippen LogP contribution < -0.4 is 4.74 Å². The molecular formula is C24H33FN2O3S. The van der Waals surface area contributed by atoms with Gasteiger partial charge in [-0.05, 0) is 47.9 Å². The molecule has 0 saturated carbocycles. The van der Waals surface area contributed by atoms with Gasteiger partial charge in [0.1, 0.15) is 18.2 Å². The fraction of sp³-hybridized carbons (Fsp3) is 0.542. The average molecular weight is 449 g/mol. The van der Waals surface area contributed by atoms with Crippen molar-refractivity contribution < 1.29 is 19.0 Å². The van der Waals surface area contributed by atoms with Gasteiger partial charge in [0.05, 0.1) is 18.7 Å². The highest BCUT2D eigenvalue weighted by atomic mass is 32.1. The number of halogens is 1. The maximum Gasteiger partial charge on any atom is 0.237 e. The number of hydrogen-bond acceptors (Lipinski definition) is 5. The first-order chi connectivity index (χ1) is 14.9. The van der Waals surface area contributed by atoms with E-state index in [1.165, 1.54) is 17.0 Å². The van der Waals surface area contributed by atoms with Gasteiger partial charge < -0.3 is 14.7 Å². The normalized spacial score (nSPS) is 17.1. The number of aliphatic hydroxyl groups is 1. The number of thiophene rings is 1. The largest absolute Gasteiger partial charge is 0.491 e. The number of rotatable bonds is 10. The minimum absolute atomic E-state index is 0.0358. The van der Waals surface area contributed by atoms with Crippen molar-refractivity contribution in [1.82, 2.24) is 9.80 Å². The predicted molar refractivity (Wildman–Crippen MR) is 122 cm³/mol. The summed E-state index contributed by atoms with van der Waals surface area (Å²) < 4.78 is 19.4. The summed E-state index contributed by atoms with van der Waals surface area (Å²) in [4.78, 5) is 18.6. The van der Waals surface area contributed by atoms with Gasteiger partial charge in [-0.3, -0.25) is 9.69 Å². The molecule has 0 spiro atoms. The van der Waals surface area contributed by atoms with Crippen molar-refractivity contribution in [3.8, 4) is 5.75 Å². The summed E-state index contributed by atoms with van der Waals surface area (Å²) in [6, 6.07) is 7.94. The van der Waals surface area contributed by atoms with E-state index in [9.17, 15) is 14.3 Å². The van der Waals surface area contributed by atoms with Crippen LogP contribution in [0.5, 0.6) is 5.75 Å². The van der Waals surface area contributed by atoms with E-state index < -0.39 is 6.10 Å². The summed E-state index contributed by atoms with van der Waals surface area (Å²) >= 11 is 1.70. The molecule has 2 atom stereocenters. The maximum atomic E-state index is 13.5. The van der Waals surface area contributed by atoms with Crippen molar-refractivity contribution in [3.63, 3.8) is 0 Å². The van der Waals surface area contributed by atoms with Crippen LogP contribution in [0.25, 0.3) is 0 Å². The van der Waals surface area contributed by atoms with Crippen LogP contribution in [0.1, 0.15) is 43.7 Å². The molecule has 1 N–H and O–H groups in total. The zero-order valence-electron chi connectivity index (χ0n) is 18.6. The number of hydrogen-bond donors (Lipinski definition) is 1. The van der Waals surface area contributed by atoms with Gasteiger partial charge in [-0.2, -0.15) is 0 Å². The van der Waals surface area contributed by atoms with E-state index in [2.05, 4.69) is 30.2 Å². The van der Waals surface area contributed by atoms with Crippen molar-refractivity contribution in [2.75, 3.05) is 32.8 Å². The number of amides is 1. The van der Waals surface area contributed by atoms with Gasteiger partial charge in [-0.1, -0.05) is 26.8 Å². The molecule has 31 heavy (non-hydrogen) atoms. The summed E-state index contributed by atoms with van der Waals surface area (Å²) in [6.45, 7) is 8.60. The summed E-state index contributed by atoms with van der Waals surface area (Å²) in [5, 5.41) is 12.2. The Kier molecular flexibility index (Phi) is 8.46. The van der Waals surface area contributed by atoms with Crippen LogP contribution in [0.15, 0.2) is 35.7 Å². The van der Waals surface area contributed by atoms with E-state index in [1.807, 2.05) is 11.8 Å². The third-order valence-electron chi connectivity index (χ3n) is 5.54. The van der Waals surface area contributed by atoms with Crippen molar-refractivity contribution in [1.29, 1.82) is 0 Å². The molecule has 0 unspecified atom stereocenters. The van der Waals surface area contributed by atoms with Crippen LogP contribution in [0.2, 0.25) is 0 Å². The van der Waals surface area contributed by atoms with Crippen LogP contribution in [-0.4, -0.2) is 59.7 Å². The second kappa shape index (κ2) is 11.1. The molecule has 0 fully saturated rings. The molecule has 170 valence electrons. The number of fused-ring (bicyclic) bond motifs is 1. The monoisotopic (exact) mass is 448 g/mol. The number of carbonyl (C=O) groups is 1. The van der Waals surface area contributed by atoms with Gasteiger partial charge in [0.2, 0.25) is 5.91 Å². The number of nitrogens with zero attached hydrogens (tertiary/aromatic N) is 2. The zero-order chi connectivity index (χ0) is 22.4. The Balaban J connectivity index is 1.74. The molecule has 7 heteroatoms. The van der Waals surface area contributed by atoms with E-state index in [0.717, 1.165) is 18.5 Å². The lowest BCUT2D eigenvalue weighted by Crippen LogP contribution is -2.48. The SMILES string of the molecule is CC[C@@H](O)CN(CC(=O)N1CCc2sccc2[C@H]1COc1cccc(F)c1)CC(C)C. The molecule has 1 aromatic heterocycles. The lowest BCUT2D eigenvalue weighted by Gasteiger charge is -2.37. The molecule has 0 saturated heterocycles. The molecule has 2 aromatic rings. The van der Waals surface area contributed by atoms with Crippen LogP contribution in [0.4, 0.5) is 4.39 Å². The van der Waals surface area contributed by atoms with Crippen molar-refractivity contribution >= 4 is 17.2 Å². The van der Waals surface area contributed by atoms with Gasteiger partial charge >= 0.3 is 0 Å². The molecule has 5 nitrogen and oxygen atoms in total. The Morgan fingerprint density at radius 3 is 2.87 bits per heavy atom. The van der Waals surface area contributed by atoms with Crippen LogP contribution in [0, 0.1) is 11.7 Å². The molecule has 0 bridgehead atoms. The van der Waals surface area contributed by atoms with Gasteiger partial charge in [-0.25, -0.2) is 4.39 Å². The van der Waals surface area contributed by atoms with Gasteiger partial charge in [-0.15, -0.1) is 11.3 Å². The molecule has 0 radical (unpaired) electrons. The fourth-order valence-electron chi connectivity index (χ4n) is 4.04. The highest BCUT2D eigenvalue weighted by Crippen LogP contribution is 2.34. The Morgan fingerprint density at radius 2 is 2.16 bits per heavy atom. The summed E-state index contributed by atoms with van der Waals surface area (Å²) in [5.74, 6) is 0.550. The number of carbonyl (C=O) groups excluding carboxylic acids is 1. The summed E-state index contributed by atoms with van der Waals surface area (Å²) in [5.41, 5.74) is 1.12. The summed E-state index contributed by atoms with van der Waals surface area (Å²) in [7, 11) is 0. The molecule has 1 aliphatic heterocycles. The predicted octanol–water partition coefficient (Wildman–Crippen LogP) is 4.12. The van der Waals surface area contributed by atoms with Gasteiger partial charge in [0.25, 0.3) is 0 Å². The third-order valence-corrected chi connectivity index (χ3v) is 6.54. The molecule has 1 aliphatic rings. The van der Waals surface area contributed by atoms with Crippen LogP contribution >= 0.6 is 11.3 Å². The Bertz CT molecular complexity index is 857. The average Bonchev–Trinajstić information content (AvgIpc) is 3.20. The first-order valence-corrected chi connectivity index (χ1v) is 11.9. The molecule has 1 amide bonds. The summed E-state index contributed by atoms with van der Waals surface area (Å²) in [6.07, 6.45) is 1.05. The lowest BCUT2D eigenvalue weighted by molar-refractivity contribution is -0.136. The van der Waals surface area contributed by atoms with Gasteiger partial charge in [0, 0.05) is 30.6 Å². The Labute approximate surface area is 188 Å².